The second kappa shape index (κ2) is 9.77. The highest BCUT2D eigenvalue weighted by molar-refractivity contribution is 6.32. The molecule has 5 unspecified atom stereocenters. The van der Waals surface area contributed by atoms with Crippen LogP contribution in [-0.2, 0) is 30.4 Å². The van der Waals surface area contributed by atoms with Gasteiger partial charge in [-0.05, 0) is 65.3 Å². The van der Waals surface area contributed by atoms with Crippen LogP contribution in [0.15, 0.2) is 11.2 Å². The molecule has 0 aromatic heterocycles. The van der Waals surface area contributed by atoms with Gasteiger partial charge in [-0.2, -0.15) is 0 Å². The lowest BCUT2D eigenvalue weighted by Crippen LogP contribution is -2.74. The highest BCUT2D eigenvalue weighted by Crippen LogP contribution is 2.52. The van der Waals surface area contributed by atoms with E-state index in [0.717, 1.165) is 0 Å². The predicted molar refractivity (Wildman–Crippen MR) is 144 cm³/mol. The number of benzene rings is 1. The number of amides is 1. The van der Waals surface area contributed by atoms with Gasteiger partial charge in [0.05, 0.1) is 23.7 Å². The fourth-order valence-corrected chi connectivity index (χ4v) is 6.41. The molecule has 1 aromatic carbocycles. The number of phenolic OH excluding ortho intramolecular Hbond substituents is 1. The summed E-state index contributed by atoms with van der Waals surface area (Å²) in [5, 5.41) is 26.8. The third-order valence-electron chi connectivity index (χ3n) is 8.07. The van der Waals surface area contributed by atoms with Crippen LogP contribution in [0.5, 0.6) is 5.75 Å². The van der Waals surface area contributed by atoms with E-state index in [2.05, 4.69) is 5.16 Å². The summed E-state index contributed by atoms with van der Waals surface area (Å²) in [6.07, 6.45) is 1.43. The molecule has 3 aliphatic carbocycles. The molecule has 1 aromatic rings. The predicted octanol–water partition coefficient (Wildman–Crippen LogP) is 0.0820. The number of rotatable bonds is 5. The monoisotopic (exact) mass is 556 g/mol. The minimum Gasteiger partial charge on any atom is -0.506 e. The van der Waals surface area contributed by atoms with Gasteiger partial charge in [-0.1, -0.05) is 5.16 Å². The van der Waals surface area contributed by atoms with Gasteiger partial charge in [0.1, 0.15) is 11.4 Å². The van der Waals surface area contributed by atoms with Crippen molar-refractivity contribution in [1.29, 1.82) is 0 Å². The zero-order valence-corrected chi connectivity index (χ0v) is 23.7. The van der Waals surface area contributed by atoms with Crippen LogP contribution in [0.4, 0.5) is 5.69 Å². The third-order valence-corrected chi connectivity index (χ3v) is 8.07. The first kappa shape index (κ1) is 29.3. The number of primary amides is 1. The van der Waals surface area contributed by atoms with E-state index in [1.165, 1.54) is 11.1 Å². The van der Waals surface area contributed by atoms with Gasteiger partial charge >= 0.3 is 0 Å². The number of carbonyl (C=O) groups is 5. The van der Waals surface area contributed by atoms with Crippen LogP contribution in [0.25, 0.3) is 0 Å². The molecule has 0 radical (unpaired) electrons. The molecule has 6 atom stereocenters. The van der Waals surface area contributed by atoms with Gasteiger partial charge < -0.3 is 25.7 Å². The Morgan fingerprint density at radius 2 is 1.77 bits per heavy atom. The first-order valence-corrected chi connectivity index (χ1v) is 13.1. The van der Waals surface area contributed by atoms with Gasteiger partial charge in [-0.25, -0.2) is 0 Å². The van der Waals surface area contributed by atoms with Crippen LogP contribution in [0.3, 0.4) is 0 Å². The molecule has 40 heavy (non-hydrogen) atoms. The summed E-state index contributed by atoms with van der Waals surface area (Å²) in [5.74, 6) is -10.9. The van der Waals surface area contributed by atoms with E-state index in [4.69, 9.17) is 10.6 Å². The lowest BCUT2D eigenvalue weighted by molar-refractivity contribution is -0.181. The molecule has 0 spiro atoms. The van der Waals surface area contributed by atoms with Crippen molar-refractivity contribution in [2.24, 2.45) is 34.6 Å². The molecule has 0 heterocycles. The van der Waals surface area contributed by atoms with Crippen LogP contribution in [-0.4, -0.2) is 95.8 Å². The number of fused-ring (bicyclic) bond motifs is 3. The first-order valence-electron chi connectivity index (χ1n) is 13.1. The Balaban J connectivity index is 1.86. The van der Waals surface area contributed by atoms with Crippen molar-refractivity contribution in [2.75, 3.05) is 33.1 Å². The maximum absolute atomic E-state index is 14.0. The average molecular weight is 557 g/mol. The number of hydrogen-bond acceptors (Lipinski definition) is 11. The maximum Gasteiger partial charge on any atom is 0.235 e. The second-order valence-electron chi connectivity index (χ2n) is 12.3. The number of ketones is 4. The Bertz CT molecular complexity index is 1340. The van der Waals surface area contributed by atoms with Crippen LogP contribution in [0.1, 0.15) is 48.7 Å². The normalized spacial score (nSPS) is 30.3. The summed E-state index contributed by atoms with van der Waals surface area (Å²) >= 11 is 0. The van der Waals surface area contributed by atoms with E-state index in [-0.39, 0.29) is 24.0 Å². The molecule has 2 saturated carbocycles. The van der Waals surface area contributed by atoms with E-state index in [1.807, 2.05) is 0 Å². The molecule has 4 N–H and O–H groups in total. The highest BCUT2D eigenvalue weighted by Gasteiger charge is 2.69. The topological polar surface area (TPSA) is 180 Å². The lowest BCUT2D eigenvalue weighted by Gasteiger charge is -2.52. The van der Waals surface area contributed by atoms with Gasteiger partial charge in [0.15, 0.2) is 34.7 Å². The lowest BCUT2D eigenvalue weighted by atomic mass is 9.52. The molecular weight excluding hydrogens is 520 g/mol. The summed E-state index contributed by atoms with van der Waals surface area (Å²) in [7, 11) is 6.63. The van der Waals surface area contributed by atoms with Crippen LogP contribution in [0, 0.1) is 23.7 Å². The Morgan fingerprint density at radius 1 is 1.15 bits per heavy atom. The van der Waals surface area contributed by atoms with Crippen LogP contribution in [0.2, 0.25) is 0 Å². The number of Topliss-reactive ketones (excluding diaryl/α,β-unsaturated/α-hetero) is 4. The van der Waals surface area contributed by atoms with Gasteiger partial charge in [0.25, 0.3) is 0 Å². The summed E-state index contributed by atoms with van der Waals surface area (Å²) < 4.78 is 0. The fourth-order valence-electron chi connectivity index (χ4n) is 6.41. The fraction of sp³-hybridized carbons (Fsp3) is 0.571. The smallest absolute Gasteiger partial charge is 0.235 e. The van der Waals surface area contributed by atoms with E-state index >= 15 is 0 Å². The van der Waals surface area contributed by atoms with Crippen LogP contribution < -0.4 is 10.6 Å². The Morgan fingerprint density at radius 3 is 2.30 bits per heavy atom. The molecule has 216 valence electrons. The molecule has 2 fully saturated rings. The number of carbonyl (C=O) groups excluding carboxylic acids is 5. The minimum atomic E-state index is -2.77. The largest absolute Gasteiger partial charge is 0.506 e. The molecule has 12 heteroatoms. The Kier molecular flexibility index (Phi) is 7.17. The molecule has 0 aliphatic heterocycles. The van der Waals surface area contributed by atoms with Crippen molar-refractivity contribution in [3.8, 4) is 5.75 Å². The number of aromatic hydroxyl groups is 1. The number of nitrogens with zero attached hydrogens (tertiary/aromatic N) is 3. The van der Waals surface area contributed by atoms with Gasteiger partial charge in [-0.3, -0.25) is 28.9 Å². The Labute approximate surface area is 232 Å². The van der Waals surface area contributed by atoms with Crippen molar-refractivity contribution in [1.82, 2.24) is 4.90 Å². The zero-order valence-electron chi connectivity index (χ0n) is 23.7. The van der Waals surface area contributed by atoms with E-state index < -0.39 is 75.7 Å². The number of phenols is 1. The first-order chi connectivity index (χ1) is 18.4. The van der Waals surface area contributed by atoms with Gasteiger partial charge in [-0.15, -0.1) is 0 Å². The number of oxime groups is 1. The number of nitrogens with two attached hydrogens (primary N) is 1. The van der Waals surface area contributed by atoms with Crippen molar-refractivity contribution < 1.29 is 39.0 Å². The standard InChI is InChI=1S/C28H36N4O8/c1-27(2,3)40-30-11-13-10-16(31(4)5)14-8-12-9-15-20(32(6)7)23(35)19(26(29)38)25(37)28(15,39)24(36)17(12)22(34)18(14)21(13)33/h10-12,15,17,19-20,33,39H,8-9H2,1-7H3,(H2,29,38)/b30-11-/t12?,15?,17?,19?,20?,28-/m1/s1. The third kappa shape index (κ3) is 4.39. The van der Waals surface area contributed by atoms with Crippen LogP contribution >= 0.6 is 0 Å². The second-order valence-corrected chi connectivity index (χ2v) is 12.3. The van der Waals surface area contributed by atoms with Crippen molar-refractivity contribution >= 4 is 40.9 Å². The van der Waals surface area contributed by atoms with Crippen molar-refractivity contribution in [3.63, 3.8) is 0 Å². The summed E-state index contributed by atoms with van der Waals surface area (Å²) in [4.78, 5) is 75.3. The van der Waals surface area contributed by atoms with E-state index in [1.54, 1.807) is 59.9 Å². The SMILES string of the molecule is CN(C)c1cc(/C=N\OC(C)(C)C)c(O)c2c1CC1CC3C(N(C)C)C(=O)C(C(N)=O)C(=O)[C@]3(O)C(=O)C1C2=O. The summed E-state index contributed by atoms with van der Waals surface area (Å²) in [6.45, 7) is 5.38. The number of anilines is 1. The zero-order chi connectivity index (χ0) is 30.1. The van der Waals surface area contributed by atoms with Gasteiger partial charge in [0, 0.05) is 31.3 Å². The van der Waals surface area contributed by atoms with Gasteiger partial charge in [0.2, 0.25) is 5.91 Å². The number of likely N-dealkylation sites (N-methyl/N-ethyl adjacent to an activating group) is 1. The van der Waals surface area contributed by atoms with E-state index in [9.17, 15) is 34.2 Å². The molecule has 1 amide bonds. The number of aliphatic hydroxyl groups is 1. The minimum absolute atomic E-state index is 0.0137. The molecule has 12 nitrogen and oxygen atoms in total. The molecule has 0 bridgehead atoms. The Hall–Kier alpha value is -3.64. The maximum atomic E-state index is 14.0. The molecule has 4 rings (SSSR count). The van der Waals surface area contributed by atoms with Crippen molar-refractivity contribution in [2.45, 2.75) is 50.9 Å². The summed E-state index contributed by atoms with van der Waals surface area (Å²) in [5.41, 5.74) is 3.18. The van der Waals surface area contributed by atoms with Crippen molar-refractivity contribution in [3.05, 3.63) is 22.8 Å². The molecule has 3 aliphatic rings. The quantitative estimate of drug-likeness (QED) is 0.255. The average Bonchev–Trinajstić information content (AvgIpc) is 2.81. The molecular formula is C28H36N4O8. The summed E-state index contributed by atoms with van der Waals surface area (Å²) in [6, 6.07) is 0.510. The van der Waals surface area contributed by atoms with E-state index in [0.29, 0.717) is 11.3 Å². The number of hydrogen-bond donors (Lipinski definition) is 3. The highest BCUT2D eigenvalue weighted by atomic mass is 16.6. The molecule has 0 saturated heterocycles.